The number of likely N-dealkylation sites (tertiary alicyclic amines) is 1. The lowest BCUT2D eigenvalue weighted by atomic mass is 9.93. The van der Waals surface area contributed by atoms with Gasteiger partial charge in [-0.05, 0) is 72.5 Å². The second kappa shape index (κ2) is 10.2. The molecule has 1 atom stereocenters. The van der Waals surface area contributed by atoms with E-state index in [1.54, 1.807) is 62.6 Å². The van der Waals surface area contributed by atoms with Crippen LogP contribution in [0, 0.1) is 13.8 Å². The zero-order valence-electron chi connectivity index (χ0n) is 20.9. The smallest absolute Gasteiger partial charge is 0.335 e. The quantitative estimate of drug-likeness (QED) is 0.275. The Hall–Kier alpha value is -4.59. The summed E-state index contributed by atoms with van der Waals surface area (Å²) in [4.78, 5) is 39.2. The van der Waals surface area contributed by atoms with Crippen molar-refractivity contribution in [2.45, 2.75) is 26.4 Å². The van der Waals surface area contributed by atoms with Crippen LogP contribution in [0.2, 0.25) is 0 Å². The van der Waals surface area contributed by atoms with Crippen LogP contribution < -0.4 is 9.47 Å². The van der Waals surface area contributed by atoms with Crippen molar-refractivity contribution in [3.63, 3.8) is 0 Å². The summed E-state index contributed by atoms with van der Waals surface area (Å²) >= 11 is 0. The first-order valence-corrected chi connectivity index (χ1v) is 11.6. The van der Waals surface area contributed by atoms with Crippen LogP contribution in [-0.2, 0) is 16.1 Å². The fourth-order valence-electron chi connectivity index (χ4n) is 4.54. The Balaban J connectivity index is 1.86. The van der Waals surface area contributed by atoms with E-state index >= 15 is 0 Å². The summed E-state index contributed by atoms with van der Waals surface area (Å²) in [7, 11) is 3.09. The first kappa shape index (κ1) is 25.5. The molecule has 0 aromatic heterocycles. The van der Waals surface area contributed by atoms with Gasteiger partial charge in [-0.3, -0.25) is 9.59 Å². The average Bonchev–Trinajstić information content (AvgIpc) is 3.14. The molecule has 4 rings (SSSR count). The Labute approximate surface area is 214 Å². The van der Waals surface area contributed by atoms with Gasteiger partial charge in [0.15, 0.2) is 0 Å². The summed E-state index contributed by atoms with van der Waals surface area (Å²) < 4.78 is 10.6. The van der Waals surface area contributed by atoms with Crippen molar-refractivity contribution < 1.29 is 34.1 Å². The zero-order chi connectivity index (χ0) is 26.9. The molecule has 1 fully saturated rings. The Morgan fingerprint density at radius 1 is 0.892 bits per heavy atom. The van der Waals surface area contributed by atoms with E-state index < -0.39 is 23.7 Å². The molecule has 1 aliphatic rings. The number of nitrogens with zero attached hydrogens (tertiary/aromatic N) is 1. The van der Waals surface area contributed by atoms with Gasteiger partial charge in [0.25, 0.3) is 11.7 Å². The molecule has 1 aliphatic heterocycles. The normalized spacial score (nSPS) is 16.6. The maximum Gasteiger partial charge on any atom is 0.335 e. The number of Topliss-reactive ketones (excluding diaryl/α,β-unsaturated/α-hetero) is 1. The molecule has 8 heteroatoms. The fourth-order valence-corrected chi connectivity index (χ4v) is 4.54. The summed E-state index contributed by atoms with van der Waals surface area (Å²) in [5.74, 6) is -1.64. The number of amides is 1. The maximum absolute atomic E-state index is 13.4. The zero-order valence-corrected chi connectivity index (χ0v) is 20.9. The highest BCUT2D eigenvalue weighted by Crippen LogP contribution is 2.41. The van der Waals surface area contributed by atoms with E-state index in [0.29, 0.717) is 33.8 Å². The number of hydrogen-bond donors (Lipinski definition) is 2. The molecule has 2 N–H and O–H groups in total. The number of ketones is 1. The number of aliphatic hydroxyl groups excluding tert-OH is 1. The van der Waals surface area contributed by atoms with Gasteiger partial charge in [-0.1, -0.05) is 24.3 Å². The van der Waals surface area contributed by atoms with E-state index in [9.17, 15) is 24.6 Å². The van der Waals surface area contributed by atoms with Gasteiger partial charge in [-0.25, -0.2) is 4.79 Å². The van der Waals surface area contributed by atoms with Crippen LogP contribution in [0.15, 0.2) is 66.2 Å². The number of carboxylic acid groups (broad SMARTS) is 1. The molecule has 1 amide bonds. The third-order valence-electron chi connectivity index (χ3n) is 6.52. The lowest BCUT2D eigenvalue weighted by molar-refractivity contribution is -0.140. The molecule has 0 radical (unpaired) electrons. The Morgan fingerprint density at radius 3 is 2.11 bits per heavy atom. The third-order valence-corrected chi connectivity index (χ3v) is 6.52. The number of rotatable bonds is 7. The Kier molecular flexibility index (Phi) is 7.02. The minimum Gasteiger partial charge on any atom is -0.507 e. The molecular weight excluding hydrogens is 474 g/mol. The van der Waals surface area contributed by atoms with E-state index in [2.05, 4.69) is 0 Å². The number of carboxylic acids is 1. The van der Waals surface area contributed by atoms with Gasteiger partial charge in [0.2, 0.25) is 0 Å². The Bertz CT molecular complexity index is 1410. The van der Waals surface area contributed by atoms with Crippen molar-refractivity contribution >= 4 is 23.4 Å². The number of ether oxygens (including phenoxy) is 2. The van der Waals surface area contributed by atoms with Crippen molar-refractivity contribution in [1.82, 2.24) is 4.90 Å². The van der Waals surface area contributed by atoms with Crippen LogP contribution in [0.4, 0.5) is 0 Å². The van der Waals surface area contributed by atoms with E-state index in [-0.39, 0.29) is 23.4 Å². The van der Waals surface area contributed by atoms with Gasteiger partial charge in [0.1, 0.15) is 17.3 Å². The highest BCUT2D eigenvalue weighted by molar-refractivity contribution is 6.46. The monoisotopic (exact) mass is 501 g/mol. The predicted octanol–water partition coefficient (Wildman–Crippen LogP) is 4.64. The van der Waals surface area contributed by atoms with Gasteiger partial charge < -0.3 is 24.6 Å². The number of carbonyl (C=O) groups excluding carboxylic acids is 2. The lowest BCUT2D eigenvalue weighted by Gasteiger charge is -2.26. The van der Waals surface area contributed by atoms with Crippen LogP contribution in [-0.4, -0.2) is 47.0 Å². The van der Waals surface area contributed by atoms with E-state index in [1.165, 1.54) is 24.1 Å². The number of methoxy groups -OCH3 is 2. The van der Waals surface area contributed by atoms with Crippen LogP contribution in [0.25, 0.3) is 5.76 Å². The molecule has 0 saturated carbocycles. The Morgan fingerprint density at radius 2 is 1.54 bits per heavy atom. The van der Waals surface area contributed by atoms with Gasteiger partial charge in [-0.2, -0.15) is 0 Å². The van der Waals surface area contributed by atoms with Crippen molar-refractivity contribution in [2.24, 2.45) is 0 Å². The van der Waals surface area contributed by atoms with E-state index in [1.807, 2.05) is 6.92 Å². The second-order valence-corrected chi connectivity index (χ2v) is 8.84. The largest absolute Gasteiger partial charge is 0.507 e. The predicted molar refractivity (Wildman–Crippen MR) is 137 cm³/mol. The SMILES string of the molecule is COc1ccc(C2/C(=C(\O)c3cc(C)c(OC)cc3C)C(=O)C(=O)N2Cc2ccc(C(=O)O)cc2)cc1. The van der Waals surface area contributed by atoms with Crippen LogP contribution >= 0.6 is 0 Å². The number of aromatic carboxylic acids is 1. The molecule has 1 unspecified atom stereocenters. The molecule has 0 bridgehead atoms. The van der Waals surface area contributed by atoms with Crippen LogP contribution in [0.3, 0.4) is 0 Å². The average molecular weight is 502 g/mol. The van der Waals surface area contributed by atoms with Crippen LogP contribution in [0.1, 0.15) is 44.2 Å². The summed E-state index contributed by atoms with van der Waals surface area (Å²) in [6.45, 7) is 3.66. The van der Waals surface area contributed by atoms with Gasteiger partial charge in [0, 0.05) is 12.1 Å². The number of carbonyl (C=O) groups is 3. The minimum atomic E-state index is -1.06. The molecule has 1 heterocycles. The van der Waals surface area contributed by atoms with Gasteiger partial charge in [-0.15, -0.1) is 0 Å². The van der Waals surface area contributed by atoms with Crippen molar-refractivity contribution in [3.05, 3.63) is 99.6 Å². The van der Waals surface area contributed by atoms with Crippen molar-refractivity contribution in [3.8, 4) is 11.5 Å². The highest BCUT2D eigenvalue weighted by atomic mass is 16.5. The minimum absolute atomic E-state index is 0.0232. The standard InChI is InChI=1S/C29H27NO7/c1-16-14-23(37-4)17(2)13-22(16)26(31)24-25(19-9-11-21(36-3)12-10-19)30(28(33)27(24)32)15-18-5-7-20(8-6-18)29(34)35/h5-14,25,31H,15H2,1-4H3,(H,34,35)/b26-24+. The second-order valence-electron chi connectivity index (χ2n) is 8.84. The lowest BCUT2D eigenvalue weighted by Crippen LogP contribution is -2.29. The highest BCUT2D eigenvalue weighted by Gasteiger charge is 2.46. The molecular formula is C29H27NO7. The molecule has 1 saturated heterocycles. The first-order chi connectivity index (χ1) is 17.7. The first-order valence-electron chi connectivity index (χ1n) is 11.6. The number of hydrogen-bond acceptors (Lipinski definition) is 6. The maximum atomic E-state index is 13.4. The molecule has 3 aromatic carbocycles. The summed E-state index contributed by atoms with van der Waals surface area (Å²) in [5.41, 5.74) is 3.23. The van der Waals surface area contributed by atoms with E-state index in [0.717, 1.165) is 5.56 Å². The molecule has 3 aromatic rings. The van der Waals surface area contributed by atoms with Gasteiger partial charge in [0.05, 0.1) is 31.4 Å². The molecule has 37 heavy (non-hydrogen) atoms. The molecule has 190 valence electrons. The molecule has 0 aliphatic carbocycles. The third kappa shape index (κ3) is 4.78. The number of aryl methyl sites for hydroxylation is 2. The molecule has 0 spiro atoms. The van der Waals surface area contributed by atoms with Gasteiger partial charge >= 0.3 is 5.97 Å². The number of benzene rings is 3. The summed E-state index contributed by atoms with van der Waals surface area (Å²) in [6, 6.07) is 15.7. The van der Waals surface area contributed by atoms with Crippen LogP contribution in [0.5, 0.6) is 11.5 Å². The molecule has 8 nitrogen and oxygen atoms in total. The summed E-state index contributed by atoms with van der Waals surface area (Å²) in [6.07, 6.45) is 0. The fraction of sp³-hybridized carbons (Fsp3) is 0.207. The van der Waals surface area contributed by atoms with Crippen molar-refractivity contribution in [1.29, 1.82) is 0 Å². The van der Waals surface area contributed by atoms with Crippen molar-refractivity contribution in [2.75, 3.05) is 14.2 Å². The number of aliphatic hydroxyl groups is 1. The van der Waals surface area contributed by atoms with E-state index in [4.69, 9.17) is 9.47 Å². The topological polar surface area (TPSA) is 113 Å². The summed E-state index contributed by atoms with van der Waals surface area (Å²) in [5, 5.41) is 20.6.